The summed E-state index contributed by atoms with van der Waals surface area (Å²) in [5.41, 5.74) is 8.33. The molecule has 0 heterocycles. The van der Waals surface area contributed by atoms with E-state index in [2.05, 4.69) is 10.9 Å². The Labute approximate surface area is 155 Å². The SMILES string of the molecule is CCN(CC)C(=O)COc1ccc(CNNc2ccccc2)cc1OC. The van der Waals surface area contributed by atoms with Crippen molar-refractivity contribution in [1.29, 1.82) is 0 Å². The molecule has 0 aromatic heterocycles. The van der Waals surface area contributed by atoms with Crippen LogP contribution in [0.25, 0.3) is 0 Å². The number of carbonyl (C=O) groups excluding carboxylic acids is 1. The molecule has 0 radical (unpaired) electrons. The lowest BCUT2D eigenvalue weighted by Gasteiger charge is -2.19. The third kappa shape index (κ3) is 5.67. The molecule has 0 bridgehead atoms. The number of anilines is 1. The van der Waals surface area contributed by atoms with Crippen molar-refractivity contribution < 1.29 is 14.3 Å². The van der Waals surface area contributed by atoms with Gasteiger partial charge in [0.05, 0.1) is 7.11 Å². The molecule has 0 fully saturated rings. The molecule has 0 aliphatic rings. The van der Waals surface area contributed by atoms with Gasteiger partial charge in [0.15, 0.2) is 18.1 Å². The van der Waals surface area contributed by atoms with E-state index >= 15 is 0 Å². The van der Waals surface area contributed by atoms with Crippen molar-refractivity contribution in [2.45, 2.75) is 20.4 Å². The van der Waals surface area contributed by atoms with Gasteiger partial charge in [-0.2, -0.15) is 0 Å². The van der Waals surface area contributed by atoms with Crippen LogP contribution in [0.5, 0.6) is 11.5 Å². The van der Waals surface area contributed by atoms with E-state index < -0.39 is 0 Å². The van der Waals surface area contributed by atoms with E-state index in [1.165, 1.54) is 0 Å². The van der Waals surface area contributed by atoms with Gasteiger partial charge in [-0.25, -0.2) is 5.43 Å². The Kier molecular flexibility index (Phi) is 7.76. The maximum Gasteiger partial charge on any atom is 0.260 e. The van der Waals surface area contributed by atoms with Gasteiger partial charge in [0.2, 0.25) is 0 Å². The number of para-hydroxylation sites is 1. The van der Waals surface area contributed by atoms with Crippen molar-refractivity contribution in [3.8, 4) is 11.5 Å². The molecule has 2 aromatic rings. The van der Waals surface area contributed by atoms with Crippen LogP contribution < -0.4 is 20.3 Å². The third-order valence-electron chi connectivity index (χ3n) is 3.99. The first-order valence-electron chi connectivity index (χ1n) is 8.79. The van der Waals surface area contributed by atoms with E-state index in [-0.39, 0.29) is 12.5 Å². The molecule has 0 saturated heterocycles. The highest BCUT2D eigenvalue weighted by atomic mass is 16.5. The summed E-state index contributed by atoms with van der Waals surface area (Å²) in [5.74, 6) is 1.14. The number of rotatable bonds is 10. The van der Waals surface area contributed by atoms with Crippen molar-refractivity contribution in [3.63, 3.8) is 0 Å². The Bertz CT molecular complexity index is 688. The molecule has 1 amide bonds. The van der Waals surface area contributed by atoms with E-state index in [1.807, 2.05) is 62.4 Å². The summed E-state index contributed by atoms with van der Waals surface area (Å²) >= 11 is 0. The zero-order valence-corrected chi connectivity index (χ0v) is 15.6. The Morgan fingerprint density at radius 3 is 2.42 bits per heavy atom. The second kappa shape index (κ2) is 10.3. The second-order valence-electron chi connectivity index (χ2n) is 5.68. The van der Waals surface area contributed by atoms with Crippen LogP contribution in [0.15, 0.2) is 48.5 Å². The molecule has 6 heteroatoms. The number of carbonyl (C=O) groups is 1. The van der Waals surface area contributed by atoms with Crippen LogP contribution >= 0.6 is 0 Å². The fraction of sp³-hybridized carbons (Fsp3) is 0.350. The number of hydrazine groups is 1. The summed E-state index contributed by atoms with van der Waals surface area (Å²) in [6.45, 7) is 5.87. The van der Waals surface area contributed by atoms with Crippen LogP contribution in [-0.4, -0.2) is 37.6 Å². The average molecular weight is 357 g/mol. The first kappa shape index (κ1) is 19.6. The van der Waals surface area contributed by atoms with Gasteiger partial charge in [-0.15, -0.1) is 0 Å². The number of likely N-dealkylation sites (N-methyl/N-ethyl adjacent to an activating group) is 1. The molecule has 0 spiro atoms. The predicted molar refractivity (Wildman–Crippen MR) is 103 cm³/mol. The lowest BCUT2D eigenvalue weighted by molar-refractivity contribution is -0.132. The number of benzene rings is 2. The molecule has 0 aliphatic carbocycles. The molecule has 0 atom stereocenters. The molecule has 2 aromatic carbocycles. The van der Waals surface area contributed by atoms with Crippen molar-refractivity contribution in [1.82, 2.24) is 10.3 Å². The Morgan fingerprint density at radius 1 is 1.04 bits per heavy atom. The minimum atomic E-state index is -0.0325. The van der Waals surface area contributed by atoms with Crippen LogP contribution in [0, 0.1) is 0 Å². The summed E-state index contributed by atoms with van der Waals surface area (Å²) in [4.78, 5) is 13.8. The van der Waals surface area contributed by atoms with E-state index in [0.29, 0.717) is 31.1 Å². The van der Waals surface area contributed by atoms with Crippen molar-refractivity contribution in [2.75, 3.05) is 32.2 Å². The molecule has 2 rings (SSSR count). The van der Waals surface area contributed by atoms with Gasteiger partial charge in [0.25, 0.3) is 5.91 Å². The first-order valence-corrected chi connectivity index (χ1v) is 8.79. The largest absolute Gasteiger partial charge is 0.493 e. The number of methoxy groups -OCH3 is 1. The fourth-order valence-corrected chi connectivity index (χ4v) is 2.52. The number of hydrogen-bond acceptors (Lipinski definition) is 5. The lowest BCUT2D eigenvalue weighted by Crippen LogP contribution is -2.34. The highest BCUT2D eigenvalue weighted by Crippen LogP contribution is 2.28. The van der Waals surface area contributed by atoms with Gasteiger partial charge < -0.3 is 19.8 Å². The zero-order chi connectivity index (χ0) is 18.8. The van der Waals surface area contributed by atoms with Crippen LogP contribution in [0.4, 0.5) is 5.69 Å². The van der Waals surface area contributed by atoms with E-state index in [9.17, 15) is 4.79 Å². The summed E-state index contributed by atoms with van der Waals surface area (Å²) in [7, 11) is 1.59. The summed E-state index contributed by atoms with van der Waals surface area (Å²) in [5, 5.41) is 0. The molecule has 0 saturated carbocycles. The molecule has 2 N–H and O–H groups in total. The van der Waals surface area contributed by atoms with Gasteiger partial charge in [-0.05, 0) is 43.7 Å². The quantitative estimate of drug-likeness (QED) is 0.640. The van der Waals surface area contributed by atoms with E-state index in [0.717, 1.165) is 11.3 Å². The van der Waals surface area contributed by atoms with E-state index in [4.69, 9.17) is 9.47 Å². The summed E-state index contributed by atoms with van der Waals surface area (Å²) < 4.78 is 11.0. The Morgan fingerprint density at radius 2 is 1.77 bits per heavy atom. The lowest BCUT2D eigenvalue weighted by atomic mass is 10.2. The van der Waals surface area contributed by atoms with Crippen molar-refractivity contribution in [2.24, 2.45) is 0 Å². The third-order valence-corrected chi connectivity index (χ3v) is 3.99. The smallest absolute Gasteiger partial charge is 0.260 e. The number of hydrogen-bond donors (Lipinski definition) is 2. The van der Waals surface area contributed by atoms with Crippen molar-refractivity contribution in [3.05, 3.63) is 54.1 Å². The van der Waals surface area contributed by atoms with Crippen LogP contribution in [0.1, 0.15) is 19.4 Å². The van der Waals surface area contributed by atoms with E-state index in [1.54, 1.807) is 12.0 Å². The molecular weight excluding hydrogens is 330 g/mol. The number of amides is 1. The van der Waals surface area contributed by atoms with Crippen LogP contribution in [0.2, 0.25) is 0 Å². The molecule has 0 aliphatic heterocycles. The maximum atomic E-state index is 12.1. The Balaban J connectivity index is 1.91. The monoisotopic (exact) mass is 357 g/mol. The average Bonchev–Trinajstić information content (AvgIpc) is 2.68. The molecule has 6 nitrogen and oxygen atoms in total. The standard InChI is InChI=1S/C20H27N3O3/c1-4-23(5-2)20(24)15-26-18-12-11-16(13-19(18)25-3)14-21-22-17-9-7-6-8-10-17/h6-13,21-22H,4-5,14-15H2,1-3H3. The number of nitrogens with zero attached hydrogens (tertiary/aromatic N) is 1. The van der Waals surface area contributed by atoms with Gasteiger partial charge in [0, 0.05) is 25.3 Å². The minimum Gasteiger partial charge on any atom is -0.493 e. The highest BCUT2D eigenvalue weighted by molar-refractivity contribution is 5.77. The zero-order valence-electron chi connectivity index (χ0n) is 15.6. The van der Waals surface area contributed by atoms with Crippen LogP contribution in [-0.2, 0) is 11.3 Å². The van der Waals surface area contributed by atoms with Crippen molar-refractivity contribution >= 4 is 11.6 Å². The summed E-state index contributed by atoms with van der Waals surface area (Å²) in [6.07, 6.45) is 0. The topological polar surface area (TPSA) is 62.8 Å². The van der Waals surface area contributed by atoms with Gasteiger partial charge >= 0.3 is 0 Å². The van der Waals surface area contributed by atoms with Crippen LogP contribution in [0.3, 0.4) is 0 Å². The minimum absolute atomic E-state index is 0.00516. The highest BCUT2D eigenvalue weighted by Gasteiger charge is 2.12. The predicted octanol–water partition coefficient (Wildman–Crippen LogP) is 3.06. The molecular formula is C20H27N3O3. The first-order chi connectivity index (χ1) is 12.7. The van der Waals surface area contributed by atoms with Gasteiger partial charge in [-0.3, -0.25) is 4.79 Å². The normalized spacial score (nSPS) is 10.3. The number of ether oxygens (including phenoxy) is 2. The molecule has 140 valence electrons. The van der Waals surface area contributed by atoms with Gasteiger partial charge in [-0.1, -0.05) is 24.3 Å². The number of nitrogens with one attached hydrogen (secondary N) is 2. The molecule has 0 unspecified atom stereocenters. The summed E-state index contributed by atoms with van der Waals surface area (Å²) in [6, 6.07) is 15.6. The maximum absolute atomic E-state index is 12.1. The fourth-order valence-electron chi connectivity index (χ4n) is 2.52. The second-order valence-corrected chi connectivity index (χ2v) is 5.68. The van der Waals surface area contributed by atoms with Gasteiger partial charge in [0.1, 0.15) is 0 Å². The Hall–Kier alpha value is -2.73. The molecule has 26 heavy (non-hydrogen) atoms.